The van der Waals surface area contributed by atoms with Gasteiger partial charge in [0.1, 0.15) is 5.82 Å². The molecular weight excluding hydrogens is 253 g/mol. The van der Waals surface area contributed by atoms with E-state index < -0.39 is 0 Å². The Bertz CT molecular complexity index is 585. The zero-order valence-electron chi connectivity index (χ0n) is 11.8. The highest BCUT2D eigenvalue weighted by molar-refractivity contribution is 5.26. The number of imidazole rings is 1. The summed E-state index contributed by atoms with van der Waals surface area (Å²) in [4.78, 5) is 4.29. The molecule has 0 amide bonds. The van der Waals surface area contributed by atoms with Crippen LogP contribution in [0, 0.1) is 12.7 Å². The highest BCUT2D eigenvalue weighted by atomic mass is 19.1. The topological polar surface area (TPSA) is 29.9 Å². The molecule has 1 fully saturated rings. The number of benzene rings is 1. The van der Waals surface area contributed by atoms with Crippen LogP contribution in [0.4, 0.5) is 4.39 Å². The second-order valence-electron chi connectivity index (χ2n) is 5.52. The van der Waals surface area contributed by atoms with Gasteiger partial charge in [0, 0.05) is 30.9 Å². The van der Waals surface area contributed by atoms with Gasteiger partial charge in [-0.15, -0.1) is 0 Å². The van der Waals surface area contributed by atoms with Crippen molar-refractivity contribution in [1.82, 2.24) is 14.9 Å². The Morgan fingerprint density at radius 2 is 2.35 bits per heavy atom. The van der Waals surface area contributed by atoms with Crippen LogP contribution in [-0.2, 0) is 13.0 Å². The quantitative estimate of drug-likeness (QED) is 0.928. The molecular formula is C16H20FN3. The predicted molar refractivity (Wildman–Crippen MR) is 77.3 cm³/mol. The van der Waals surface area contributed by atoms with Gasteiger partial charge in [-0.3, -0.25) is 0 Å². The SMILES string of the molecule is Cc1cc(F)ccc1CCn1cncc1C1CCNC1. The van der Waals surface area contributed by atoms with Crippen molar-refractivity contribution in [3.8, 4) is 0 Å². The molecule has 1 aromatic heterocycles. The van der Waals surface area contributed by atoms with Crippen molar-refractivity contribution in [2.45, 2.75) is 32.2 Å². The lowest BCUT2D eigenvalue weighted by Gasteiger charge is -2.13. The highest BCUT2D eigenvalue weighted by Crippen LogP contribution is 2.22. The van der Waals surface area contributed by atoms with Crippen molar-refractivity contribution in [3.05, 3.63) is 53.4 Å². The Hall–Kier alpha value is -1.68. The summed E-state index contributed by atoms with van der Waals surface area (Å²) >= 11 is 0. The smallest absolute Gasteiger partial charge is 0.123 e. The van der Waals surface area contributed by atoms with Crippen molar-refractivity contribution in [2.75, 3.05) is 13.1 Å². The van der Waals surface area contributed by atoms with Crippen LogP contribution in [0.1, 0.15) is 29.2 Å². The summed E-state index contributed by atoms with van der Waals surface area (Å²) in [6.07, 6.45) is 5.98. The van der Waals surface area contributed by atoms with Crippen molar-refractivity contribution in [3.63, 3.8) is 0 Å². The monoisotopic (exact) mass is 273 g/mol. The van der Waals surface area contributed by atoms with Gasteiger partial charge in [0.2, 0.25) is 0 Å². The minimum Gasteiger partial charge on any atom is -0.334 e. The van der Waals surface area contributed by atoms with Gasteiger partial charge in [-0.2, -0.15) is 0 Å². The summed E-state index contributed by atoms with van der Waals surface area (Å²) < 4.78 is 15.3. The third-order valence-electron chi connectivity index (χ3n) is 4.15. The predicted octanol–water partition coefficient (Wildman–Crippen LogP) is 2.65. The van der Waals surface area contributed by atoms with Crippen molar-refractivity contribution in [2.24, 2.45) is 0 Å². The van der Waals surface area contributed by atoms with Crippen LogP contribution in [0.2, 0.25) is 0 Å². The Morgan fingerprint density at radius 1 is 1.45 bits per heavy atom. The standard InChI is InChI=1S/C16H20FN3/c1-12-8-15(17)3-2-13(12)5-7-20-11-19-10-16(20)14-4-6-18-9-14/h2-3,8,10-11,14,18H,4-7,9H2,1H3. The first kappa shape index (κ1) is 13.3. The molecule has 0 spiro atoms. The number of rotatable bonds is 4. The molecule has 1 unspecified atom stereocenters. The highest BCUT2D eigenvalue weighted by Gasteiger charge is 2.19. The Labute approximate surface area is 118 Å². The lowest BCUT2D eigenvalue weighted by molar-refractivity contribution is 0.607. The summed E-state index contributed by atoms with van der Waals surface area (Å²) in [6.45, 7) is 5.00. The number of nitrogens with zero attached hydrogens (tertiary/aromatic N) is 2. The largest absolute Gasteiger partial charge is 0.334 e. The maximum Gasteiger partial charge on any atom is 0.123 e. The van der Waals surface area contributed by atoms with Gasteiger partial charge in [-0.25, -0.2) is 9.37 Å². The fourth-order valence-corrected chi connectivity index (χ4v) is 2.95. The minimum absolute atomic E-state index is 0.161. The summed E-state index contributed by atoms with van der Waals surface area (Å²) in [5.74, 6) is 0.415. The van der Waals surface area contributed by atoms with E-state index in [1.165, 1.54) is 23.7 Å². The van der Waals surface area contributed by atoms with Crippen molar-refractivity contribution < 1.29 is 4.39 Å². The molecule has 2 heterocycles. The van der Waals surface area contributed by atoms with E-state index in [2.05, 4.69) is 14.9 Å². The molecule has 1 aliphatic heterocycles. The molecule has 0 bridgehead atoms. The van der Waals surface area contributed by atoms with E-state index in [1.807, 2.05) is 25.5 Å². The van der Waals surface area contributed by atoms with Crippen molar-refractivity contribution >= 4 is 0 Å². The first-order chi connectivity index (χ1) is 9.74. The van der Waals surface area contributed by atoms with Gasteiger partial charge in [-0.1, -0.05) is 6.07 Å². The summed E-state index contributed by atoms with van der Waals surface area (Å²) in [5, 5.41) is 3.39. The zero-order valence-corrected chi connectivity index (χ0v) is 11.8. The average molecular weight is 273 g/mol. The van der Waals surface area contributed by atoms with Crippen LogP contribution < -0.4 is 5.32 Å². The number of hydrogen-bond acceptors (Lipinski definition) is 2. The van der Waals surface area contributed by atoms with Gasteiger partial charge < -0.3 is 9.88 Å². The van der Waals surface area contributed by atoms with Crippen LogP contribution in [-0.4, -0.2) is 22.6 Å². The summed E-state index contributed by atoms with van der Waals surface area (Å²) in [5.41, 5.74) is 3.54. The molecule has 20 heavy (non-hydrogen) atoms. The molecule has 106 valence electrons. The Balaban J connectivity index is 1.70. The molecule has 2 aromatic rings. The van der Waals surface area contributed by atoms with Crippen LogP contribution >= 0.6 is 0 Å². The molecule has 0 radical (unpaired) electrons. The maximum atomic E-state index is 13.1. The van der Waals surface area contributed by atoms with Crippen LogP contribution in [0.15, 0.2) is 30.7 Å². The van der Waals surface area contributed by atoms with Gasteiger partial charge in [0.25, 0.3) is 0 Å². The molecule has 1 saturated heterocycles. The fraction of sp³-hybridized carbons (Fsp3) is 0.438. The van der Waals surface area contributed by atoms with Crippen molar-refractivity contribution in [1.29, 1.82) is 0 Å². The van der Waals surface area contributed by atoms with Gasteiger partial charge in [0.15, 0.2) is 0 Å². The van der Waals surface area contributed by atoms with E-state index in [-0.39, 0.29) is 5.82 Å². The third-order valence-corrected chi connectivity index (χ3v) is 4.15. The second-order valence-corrected chi connectivity index (χ2v) is 5.52. The number of nitrogens with one attached hydrogen (secondary N) is 1. The molecule has 1 aliphatic rings. The van der Waals surface area contributed by atoms with E-state index in [0.717, 1.165) is 31.6 Å². The normalized spacial score (nSPS) is 18.6. The number of aromatic nitrogens is 2. The number of hydrogen-bond donors (Lipinski definition) is 1. The lowest BCUT2D eigenvalue weighted by Crippen LogP contribution is -2.12. The Morgan fingerprint density at radius 3 is 3.10 bits per heavy atom. The molecule has 1 N–H and O–H groups in total. The van der Waals surface area contributed by atoms with Crippen LogP contribution in [0.25, 0.3) is 0 Å². The van der Waals surface area contributed by atoms with E-state index in [4.69, 9.17) is 0 Å². The molecule has 0 saturated carbocycles. The first-order valence-corrected chi connectivity index (χ1v) is 7.20. The minimum atomic E-state index is -0.161. The van der Waals surface area contributed by atoms with Gasteiger partial charge in [-0.05, 0) is 49.6 Å². The molecule has 3 nitrogen and oxygen atoms in total. The summed E-state index contributed by atoms with van der Waals surface area (Å²) in [6, 6.07) is 5.03. The maximum absolute atomic E-state index is 13.1. The van der Waals surface area contributed by atoms with Crippen LogP contribution in [0.3, 0.4) is 0 Å². The lowest BCUT2D eigenvalue weighted by atomic mass is 10.0. The molecule has 1 atom stereocenters. The third kappa shape index (κ3) is 2.75. The zero-order chi connectivity index (χ0) is 13.9. The molecule has 4 heteroatoms. The average Bonchev–Trinajstić information content (AvgIpc) is 3.08. The second kappa shape index (κ2) is 5.75. The van der Waals surface area contributed by atoms with E-state index in [9.17, 15) is 4.39 Å². The molecule has 0 aliphatic carbocycles. The van der Waals surface area contributed by atoms with E-state index in [0.29, 0.717) is 5.92 Å². The van der Waals surface area contributed by atoms with Gasteiger partial charge in [0.05, 0.1) is 6.33 Å². The molecule has 1 aromatic carbocycles. The summed E-state index contributed by atoms with van der Waals surface area (Å²) in [7, 11) is 0. The first-order valence-electron chi connectivity index (χ1n) is 7.20. The van der Waals surface area contributed by atoms with E-state index >= 15 is 0 Å². The number of aryl methyl sites for hydroxylation is 3. The van der Waals surface area contributed by atoms with Gasteiger partial charge >= 0.3 is 0 Å². The van der Waals surface area contributed by atoms with Crippen LogP contribution in [0.5, 0.6) is 0 Å². The molecule has 3 rings (SSSR count). The fourth-order valence-electron chi connectivity index (χ4n) is 2.95. The Kier molecular flexibility index (Phi) is 3.83. The number of halogens is 1. The van der Waals surface area contributed by atoms with E-state index in [1.54, 1.807) is 6.07 Å².